The topological polar surface area (TPSA) is 30.7 Å². The first kappa shape index (κ1) is 26.7. The van der Waals surface area contributed by atoms with Gasteiger partial charge in [0.05, 0.1) is 16.9 Å². The molecule has 0 aliphatic carbocycles. The van der Waals surface area contributed by atoms with Gasteiger partial charge in [-0.25, -0.2) is 9.97 Å². The fourth-order valence-corrected chi connectivity index (χ4v) is 5.55. The third-order valence-corrected chi connectivity index (χ3v) is 7.68. The van der Waals surface area contributed by atoms with Crippen molar-refractivity contribution in [2.75, 3.05) is 0 Å². The van der Waals surface area contributed by atoms with Crippen LogP contribution in [0.15, 0.2) is 132 Å². The molecule has 0 N–H and O–H groups in total. The van der Waals surface area contributed by atoms with Crippen molar-refractivity contribution >= 4 is 32.9 Å². The Hall–Kier alpha value is -4.54. The summed E-state index contributed by atoms with van der Waals surface area (Å²) in [6, 6.07) is 37.7. The minimum Gasteiger partial charge on any atom is -0.313 e. The van der Waals surface area contributed by atoms with E-state index in [1.165, 1.54) is 16.6 Å². The van der Waals surface area contributed by atoms with Crippen molar-refractivity contribution in [3.05, 3.63) is 143 Å². The first-order valence-electron chi connectivity index (χ1n) is 13.9. The van der Waals surface area contributed by atoms with Gasteiger partial charge < -0.3 is 4.57 Å². The highest BCUT2D eigenvalue weighted by atomic mass is 79.9. The fraction of sp³-hybridized carbons (Fsp3) is 0.0811. The number of allylic oxidation sites excluding steroid dienone is 3. The Kier molecular flexibility index (Phi) is 7.75. The molecule has 0 unspecified atom stereocenters. The van der Waals surface area contributed by atoms with Gasteiger partial charge in [-0.2, -0.15) is 0 Å². The first-order chi connectivity index (χ1) is 20.1. The minimum atomic E-state index is 0.701. The van der Waals surface area contributed by atoms with Gasteiger partial charge in [-0.3, -0.25) is 0 Å². The van der Waals surface area contributed by atoms with E-state index in [1.54, 1.807) is 0 Å². The lowest BCUT2D eigenvalue weighted by molar-refractivity contribution is 1.05. The molecule has 0 aliphatic rings. The fourth-order valence-electron chi connectivity index (χ4n) is 5.20. The average Bonchev–Trinajstić information content (AvgIpc) is 3.29. The molecule has 0 saturated carbocycles. The van der Waals surface area contributed by atoms with E-state index in [9.17, 15) is 0 Å². The van der Waals surface area contributed by atoms with Crippen LogP contribution in [0.4, 0.5) is 0 Å². The number of aromatic nitrogens is 3. The van der Waals surface area contributed by atoms with E-state index < -0.39 is 0 Å². The van der Waals surface area contributed by atoms with Crippen LogP contribution in [-0.4, -0.2) is 14.5 Å². The standard InChI is InChI=1S/C37H30BrN3/c1-3-4-5-12-20-32-26(2)41(36-24-30(38)21-22-33(32)36)31-19-13-18-29(23-31)37-39-34(27-14-8-6-9-15-27)25-35(40-37)28-16-10-7-11-17-28/h4-25H,3H2,1-2H3/b5-4+,20-12-. The van der Waals surface area contributed by atoms with Gasteiger partial charge in [-0.1, -0.05) is 126 Å². The van der Waals surface area contributed by atoms with Crippen LogP contribution in [0.1, 0.15) is 24.6 Å². The maximum atomic E-state index is 5.05. The number of fused-ring (bicyclic) bond motifs is 1. The zero-order valence-corrected chi connectivity index (χ0v) is 24.7. The van der Waals surface area contributed by atoms with Gasteiger partial charge in [-0.15, -0.1) is 0 Å². The summed E-state index contributed by atoms with van der Waals surface area (Å²) in [4.78, 5) is 10.1. The SMILES string of the molecule is CC/C=C/C=C\c1c(C)n(-c2cccc(-c3nc(-c4ccccc4)cc(-c4ccccc4)n3)c2)c2cc(Br)ccc12. The van der Waals surface area contributed by atoms with Crippen LogP contribution in [0.5, 0.6) is 0 Å². The summed E-state index contributed by atoms with van der Waals surface area (Å²) in [6.45, 7) is 4.33. The van der Waals surface area contributed by atoms with Crippen LogP contribution < -0.4 is 0 Å². The molecule has 0 atom stereocenters. The lowest BCUT2D eigenvalue weighted by Gasteiger charge is -2.12. The van der Waals surface area contributed by atoms with Gasteiger partial charge >= 0.3 is 0 Å². The Morgan fingerprint density at radius 3 is 2.02 bits per heavy atom. The Labute approximate surface area is 249 Å². The minimum absolute atomic E-state index is 0.701. The number of rotatable bonds is 7. The predicted molar refractivity (Wildman–Crippen MR) is 176 cm³/mol. The Morgan fingerprint density at radius 2 is 1.37 bits per heavy atom. The zero-order chi connectivity index (χ0) is 28.2. The second-order valence-electron chi connectivity index (χ2n) is 9.94. The smallest absolute Gasteiger partial charge is 0.160 e. The molecule has 200 valence electrons. The van der Waals surface area contributed by atoms with E-state index in [0.29, 0.717) is 5.82 Å². The van der Waals surface area contributed by atoms with Gasteiger partial charge in [0.15, 0.2) is 5.82 Å². The molecule has 0 spiro atoms. The number of halogens is 1. The summed E-state index contributed by atoms with van der Waals surface area (Å²) < 4.78 is 3.37. The monoisotopic (exact) mass is 595 g/mol. The van der Waals surface area contributed by atoms with E-state index in [2.05, 4.69) is 131 Å². The average molecular weight is 597 g/mol. The van der Waals surface area contributed by atoms with Crippen LogP contribution in [0.25, 0.3) is 56.6 Å². The summed E-state index contributed by atoms with van der Waals surface area (Å²) in [5, 5.41) is 1.21. The molecular formula is C37H30BrN3. The van der Waals surface area contributed by atoms with Crippen molar-refractivity contribution in [3.8, 4) is 39.6 Å². The molecule has 2 heterocycles. The maximum absolute atomic E-state index is 5.05. The van der Waals surface area contributed by atoms with Crippen LogP contribution in [0.2, 0.25) is 0 Å². The molecule has 0 aliphatic heterocycles. The van der Waals surface area contributed by atoms with E-state index in [1.807, 2.05) is 36.4 Å². The molecule has 0 saturated heterocycles. The normalized spacial score (nSPS) is 11.7. The van der Waals surface area contributed by atoms with E-state index in [4.69, 9.17) is 9.97 Å². The molecule has 0 radical (unpaired) electrons. The van der Waals surface area contributed by atoms with E-state index in [-0.39, 0.29) is 0 Å². The molecule has 41 heavy (non-hydrogen) atoms. The molecule has 2 aromatic heterocycles. The van der Waals surface area contributed by atoms with Crippen LogP contribution in [0, 0.1) is 6.92 Å². The van der Waals surface area contributed by atoms with Crippen molar-refractivity contribution < 1.29 is 0 Å². The summed E-state index contributed by atoms with van der Waals surface area (Å²) in [5.74, 6) is 0.701. The van der Waals surface area contributed by atoms with Crippen LogP contribution in [-0.2, 0) is 0 Å². The van der Waals surface area contributed by atoms with Gasteiger partial charge in [0.25, 0.3) is 0 Å². The lowest BCUT2D eigenvalue weighted by Crippen LogP contribution is -1.99. The number of benzene rings is 4. The molecule has 6 aromatic rings. The first-order valence-corrected chi connectivity index (χ1v) is 14.7. The summed E-state index contributed by atoms with van der Waals surface area (Å²) in [7, 11) is 0. The third kappa shape index (κ3) is 5.57. The predicted octanol–water partition coefficient (Wildman–Crippen LogP) is 10.5. The van der Waals surface area contributed by atoms with Crippen molar-refractivity contribution in [3.63, 3.8) is 0 Å². The van der Waals surface area contributed by atoms with Crippen molar-refractivity contribution in [1.29, 1.82) is 0 Å². The van der Waals surface area contributed by atoms with Crippen LogP contribution in [0.3, 0.4) is 0 Å². The molecule has 6 rings (SSSR count). The van der Waals surface area contributed by atoms with Gasteiger partial charge in [-0.05, 0) is 43.7 Å². The second-order valence-corrected chi connectivity index (χ2v) is 10.9. The van der Waals surface area contributed by atoms with Crippen molar-refractivity contribution in [2.24, 2.45) is 0 Å². The van der Waals surface area contributed by atoms with Crippen molar-refractivity contribution in [2.45, 2.75) is 20.3 Å². The Bertz CT molecular complexity index is 1830. The highest BCUT2D eigenvalue weighted by Crippen LogP contribution is 2.34. The van der Waals surface area contributed by atoms with Gasteiger partial charge in [0.2, 0.25) is 0 Å². The van der Waals surface area contributed by atoms with Gasteiger partial charge in [0, 0.05) is 43.5 Å². The quantitative estimate of drug-likeness (QED) is 0.172. The summed E-state index contributed by atoms with van der Waals surface area (Å²) >= 11 is 3.70. The van der Waals surface area contributed by atoms with E-state index in [0.717, 1.165) is 50.2 Å². The summed E-state index contributed by atoms with van der Waals surface area (Å²) in [6.07, 6.45) is 9.63. The Balaban J connectivity index is 1.51. The third-order valence-electron chi connectivity index (χ3n) is 7.19. The highest BCUT2D eigenvalue weighted by molar-refractivity contribution is 9.10. The molecule has 0 fully saturated rings. The Morgan fingerprint density at radius 1 is 0.707 bits per heavy atom. The molecular weight excluding hydrogens is 566 g/mol. The second kappa shape index (κ2) is 11.9. The zero-order valence-electron chi connectivity index (χ0n) is 23.1. The number of hydrogen-bond acceptors (Lipinski definition) is 2. The molecule has 4 heteroatoms. The molecule has 0 amide bonds. The van der Waals surface area contributed by atoms with Crippen molar-refractivity contribution in [1.82, 2.24) is 14.5 Å². The number of nitrogens with zero attached hydrogens (tertiary/aromatic N) is 3. The molecule has 0 bridgehead atoms. The van der Waals surface area contributed by atoms with Gasteiger partial charge in [0.1, 0.15) is 0 Å². The van der Waals surface area contributed by atoms with E-state index >= 15 is 0 Å². The largest absolute Gasteiger partial charge is 0.313 e. The highest BCUT2D eigenvalue weighted by Gasteiger charge is 2.16. The molecule has 3 nitrogen and oxygen atoms in total. The van der Waals surface area contributed by atoms with Crippen LogP contribution >= 0.6 is 15.9 Å². The summed E-state index contributed by atoms with van der Waals surface area (Å²) in [5.41, 5.74) is 9.52. The lowest BCUT2D eigenvalue weighted by atomic mass is 10.1. The molecule has 4 aromatic carbocycles. The number of hydrogen-bond donors (Lipinski definition) is 0. The maximum Gasteiger partial charge on any atom is 0.160 e.